The molecule has 1 rings (SSSR count). The third-order valence-corrected chi connectivity index (χ3v) is 2.71. The van der Waals surface area contributed by atoms with Gasteiger partial charge in [-0.15, -0.1) is 0 Å². The molecule has 1 unspecified atom stereocenters. The SMILES string of the molecule is COCC(C)N(C)c1ccc(N)c(OC(C)(C)C)n1. The maximum absolute atomic E-state index is 5.90. The fraction of sp³-hybridized carbons (Fsp3) is 0.643. The Kier molecular flexibility index (Phi) is 5.00. The lowest BCUT2D eigenvalue weighted by Gasteiger charge is -2.27. The van der Waals surface area contributed by atoms with E-state index in [1.165, 1.54) is 0 Å². The normalized spacial score (nSPS) is 13.2. The molecule has 0 bridgehead atoms. The first-order valence-corrected chi connectivity index (χ1v) is 6.42. The van der Waals surface area contributed by atoms with Crippen molar-refractivity contribution >= 4 is 11.5 Å². The molecule has 0 aromatic carbocycles. The molecule has 1 aromatic heterocycles. The van der Waals surface area contributed by atoms with Gasteiger partial charge in [-0.1, -0.05) is 0 Å². The molecule has 0 fully saturated rings. The van der Waals surface area contributed by atoms with E-state index in [0.29, 0.717) is 18.2 Å². The van der Waals surface area contributed by atoms with Gasteiger partial charge in [0, 0.05) is 14.2 Å². The van der Waals surface area contributed by atoms with Gasteiger partial charge < -0.3 is 20.1 Å². The second kappa shape index (κ2) is 6.10. The van der Waals surface area contributed by atoms with Crippen molar-refractivity contribution in [3.63, 3.8) is 0 Å². The lowest BCUT2D eigenvalue weighted by Crippen LogP contribution is -2.33. The number of likely N-dealkylation sites (N-methyl/N-ethyl adjacent to an activating group) is 1. The van der Waals surface area contributed by atoms with Crippen LogP contribution in [0.15, 0.2) is 12.1 Å². The average molecular weight is 267 g/mol. The molecule has 0 aliphatic carbocycles. The van der Waals surface area contributed by atoms with E-state index in [-0.39, 0.29) is 11.6 Å². The first kappa shape index (κ1) is 15.6. The number of anilines is 2. The van der Waals surface area contributed by atoms with Crippen LogP contribution in [-0.2, 0) is 4.74 Å². The van der Waals surface area contributed by atoms with Crippen LogP contribution in [0.4, 0.5) is 11.5 Å². The second-order valence-corrected chi connectivity index (χ2v) is 5.69. The molecule has 0 saturated heterocycles. The Bertz CT molecular complexity index is 416. The van der Waals surface area contributed by atoms with Gasteiger partial charge in [-0.05, 0) is 39.8 Å². The molecule has 2 N–H and O–H groups in total. The molecule has 1 heterocycles. The highest BCUT2D eigenvalue weighted by Crippen LogP contribution is 2.26. The maximum atomic E-state index is 5.90. The molecular formula is C14H25N3O2. The predicted octanol–water partition coefficient (Wildman–Crippen LogP) is 2.31. The highest BCUT2D eigenvalue weighted by Gasteiger charge is 2.17. The molecule has 0 spiro atoms. The van der Waals surface area contributed by atoms with Gasteiger partial charge in [0.25, 0.3) is 0 Å². The Morgan fingerprint density at radius 2 is 2.00 bits per heavy atom. The third-order valence-electron chi connectivity index (χ3n) is 2.71. The zero-order chi connectivity index (χ0) is 14.6. The topological polar surface area (TPSA) is 60.6 Å². The quantitative estimate of drug-likeness (QED) is 0.887. The molecule has 1 aromatic rings. The van der Waals surface area contributed by atoms with E-state index in [4.69, 9.17) is 15.2 Å². The molecule has 0 amide bonds. The standard InChI is InChI=1S/C14H25N3O2/c1-10(9-18-6)17(5)12-8-7-11(15)13(16-12)19-14(2,3)4/h7-8,10H,9,15H2,1-6H3. The minimum atomic E-state index is -0.323. The molecule has 5 nitrogen and oxygen atoms in total. The summed E-state index contributed by atoms with van der Waals surface area (Å²) in [5.41, 5.74) is 6.13. The lowest BCUT2D eigenvalue weighted by atomic mass is 10.2. The molecule has 0 radical (unpaired) electrons. The number of aromatic nitrogens is 1. The maximum Gasteiger partial charge on any atom is 0.239 e. The number of rotatable bonds is 5. The van der Waals surface area contributed by atoms with Crippen LogP contribution < -0.4 is 15.4 Å². The molecule has 0 aliphatic rings. The van der Waals surface area contributed by atoms with Gasteiger partial charge in [-0.25, -0.2) is 0 Å². The van der Waals surface area contributed by atoms with Gasteiger partial charge in [-0.2, -0.15) is 4.98 Å². The van der Waals surface area contributed by atoms with Crippen LogP contribution in [0.2, 0.25) is 0 Å². The minimum Gasteiger partial charge on any atom is -0.470 e. The van der Waals surface area contributed by atoms with Crippen molar-refractivity contribution < 1.29 is 9.47 Å². The Morgan fingerprint density at radius 1 is 1.37 bits per heavy atom. The van der Waals surface area contributed by atoms with Gasteiger partial charge in [0.1, 0.15) is 11.4 Å². The summed E-state index contributed by atoms with van der Waals surface area (Å²) >= 11 is 0. The smallest absolute Gasteiger partial charge is 0.239 e. The van der Waals surface area contributed by atoms with Crippen LogP contribution in [0.25, 0.3) is 0 Å². The van der Waals surface area contributed by atoms with Crippen molar-refractivity contribution in [2.24, 2.45) is 0 Å². The van der Waals surface area contributed by atoms with Crippen LogP contribution >= 0.6 is 0 Å². The first-order chi connectivity index (χ1) is 8.74. The highest BCUT2D eigenvalue weighted by atomic mass is 16.5. The average Bonchev–Trinajstić information content (AvgIpc) is 2.29. The van der Waals surface area contributed by atoms with E-state index in [1.807, 2.05) is 44.9 Å². The fourth-order valence-electron chi connectivity index (χ4n) is 1.59. The summed E-state index contributed by atoms with van der Waals surface area (Å²) in [5.74, 6) is 1.29. The van der Waals surface area contributed by atoms with Gasteiger partial charge in [-0.3, -0.25) is 0 Å². The number of methoxy groups -OCH3 is 1. The largest absolute Gasteiger partial charge is 0.470 e. The predicted molar refractivity (Wildman–Crippen MR) is 78.8 cm³/mol. The van der Waals surface area contributed by atoms with Crippen molar-refractivity contribution in [2.45, 2.75) is 39.3 Å². The number of hydrogen-bond acceptors (Lipinski definition) is 5. The summed E-state index contributed by atoms with van der Waals surface area (Å²) in [6.07, 6.45) is 0. The van der Waals surface area contributed by atoms with E-state index in [9.17, 15) is 0 Å². The van der Waals surface area contributed by atoms with Crippen LogP contribution in [-0.4, -0.2) is 37.4 Å². The van der Waals surface area contributed by atoms with Crippen LogP contribution in [0.3, 0.4) is 0 Å². The van der Waals surface area contributed by atoms with Crippen LogP contribution in [0.5, 0.6) is 5.88 Å². The summed E-state index contributed by atoms with van der Waals surface area (Å²) in [7, 11) is 3.66. The molecule has 19 heavy (non-hydrogen) atoms. The molecule has 1 atom stereocenters. The summed E-state index contributed by atoms with van der Waals surface area (Å²) in [5, 5.41) is 0. The summed E-state index contributed by atoms with van der Waals surface area (Å²) in [4.78, 5) is 6.52. The van der Waals surface area contributed by atoms with Crippen molar-refractivity contribution in [1.82, 2.24) is 4.98 Å². The number of pyridine rings is 1. The number of nitrogens with two attached hydrogens (primary N) is 1. The fourth-order valence-corrected chi connectivity index (χ4v) is 1.59. The Hall–Kier alpha value is -1.49. The van der Waals surface area contributed by atoms with E-state index in [0.717, 1.165) is 5.82 Å². The number of nitrogens with zero attached hydrogens (tertiary/aromatic N) is 2. The molecular weight excluding hydrogens is 242 g/mol. The van der Waals surface area contributed by atoms with Gasteiger partial charge in [0.05, 0.1) is 18.3 Å². The molecule has 108 valence electrons. The van der Waals surface area contributed by atoms with Gasteiger partial charge >= 0.3 is 0 Å². The minimum absolute atomic E-state index is 0.226. The van der Waals surface area contributed by atoms with Crippen molar-refractivity contribution in [3.05, 3.63) is 12.1 Å². The van der Waals surface area contributed by atoms with Gasteiger partial charge in [0.2, 0.25) is 5.88 Å². The van der Waals surface area contributed by atoms with E-state index in [2.05, 4.69) is 11.9 Å². The van der Waals surface area contributed by atoms with Crippen LogP contribution in [0.1, 0.15) is 27.7 Å². The van der Waals surface area contributed by atoms with Crippen LogP contribution in [0, 0.1) is 0 Å². The Morgan fingerprint density at radius 3 is 2.53 bits per heavy atom. The van der Waals surface area contributed by atoms with Gasteiger partial charge in [0.15, 0.2) is 0 Å². The zero-order valence-corrected chi connectivity index (χ0v) is 12.7. The van der Waals surface area contributed by atoms with Crippen molar-refractivity contribution in [3.8, 4) is 5.88 Å². The number of nitrogen functional groups attached to an aromatic ring is 1. The van der Waals surface area contributed by atoms with E-state index < -0.39 is 0 Å². The summed E-state index contributed by atoms with van der Waals surface area (Å²) in [6.45, 7) is 8.62. The Labute approximate surface area is 115 Å². The number of hydrogen-bond donors (Lipinski definition) is 1. The summed E-state index contributed by atoms with van der Waals surface area (Å²) in [6, 6.07) is 3.93. The molecule has 5 heteroatoms. The third kappa shape index (κ3) is 4.59. The van der Waals surface area contributed by atoms with Crippen molar-refractivity contribution in [1.29, 1.82) is 0 Å². The summed E-state index contributed by atoms with van der Waals surface area (Å²) < 4.78 is 10.9. The van der Waals surface area contributed by atoms with E-state index >= 15 is 0 Å². The number of ether oxygens (including phenoxy) is 2. The van der Waals surface area contributed by atoms with E-state index in [1.54, 1.807) is 7.11 Å². The van der Waals surface area contributed by atoms with Crippen molar-refractivity contribution in [2.75, 3.05) is 31.4 Å². The molecule has 0 saturated carbocycles. The highest BCUT2D eigenvalue weighted by molar-refractivity contribution is 5.54. The monoisotopic (exact) mass is 267 g/mol. The zero-order valence-electron chi connectivity index (χ0n) is 12.7. The lowest BCUT2D eigenvalue weighted by molar-refractivity contribution is 0.125. The second-order valence-electron chi connectivity index (χ2n) is 5.69. The Balaban J connectivity index is 2.95. The first-order valence-electron chi connectivity index (χ1n) is 6.42. The molecule has 0 aliphatic heterocycles.